The van der Waals surface area contributed by atoms with Gasteiger partial charge in [0.15, 0.2) is 0 Å². The zero-order valence-corrected chi connectivity index (χ0v) is 22.7. The van der Waals surface area contributed by atoms with Gasteiger partial charge in [-0.2, -0.15) is 0 Å². The van der Waals surface area contributed by atoms with E-state index in [1.54, 1.807) is 0 Å². The van der Waals surface area contributed by atoms with E-state index in [-0.39, 0.29) is 5.41 Å². The molecule has 1 aliphatic rings. The second kappa shape index (κ2) is 8.56. The summed E-state index contributed by atoms with van der Waals surface area (Å²) in [6.45, 7) is 9.07. The number of rotatable bonds is 4. The predicted molar refractivity (Wildman–Crippen MR) is 147 cm³/mol. The van der Waals surface area contributed by atoms with E-state index in [9.17, 15) is 0 Å². The smallest absolute Gasteiger partial charge is 0.0619 e. The molecule has 0 aliphatic heterocycles. The molecule has 0 bridgehead atoms. The molecule has 0 nitrogen and oxygen atoms in total. The number of hydrogen-bond donors (Lipinski definition) is 0. The Balaban J connectivity index is 1.94. The van der Waals surface area contributed by atoms with Crippen molar-refractivity contribution >= 4 is 31.9 Å². The van der Waals surface area contributed by atoms with Crippen molar-refractivity contribution in [2.45, 2.75) is 44.9 Å². The van der Waals surface area contributed by atoms with Gasteiger partial charge in [0.2, 0.25) is 0 Å². The average molecular weight is 560 g/mol. The molecule has 2 heteroatoms. The summed E-state index contributed by atoms with van der Waals surface area (Å²) >= 11 is 7.62. The van der Waals surface area contributed by atoms with Crippen LogP contribution < -0.4 is 0 Å². The fourth-order valence-corrected chi connectivity index (χ4v) is 6.87. The Morgan fingerprint density at radius 1 is 0.545 bits per heavy atom. The van der Waals surface area contributed by atoms with Crippen LogP contribution in [0.5, 0.6) is 0 Å². The highest BCUT2D eigenvalue weighted by Gasteiger charge is 2.46. The highest BCUT2D eigenvalue weighted by atomic mass is 79.9. The largest absolute Gasteiger partial charge is 0.0713 e. The fourth-order valence-electron chi connectivity index (χ4n) is 5.46. The van der Waals surface area contributed by atoms with E-state index in [2.05, 4.69) is 144 Å². The van der Waals surface area contributed by atoms with Gasteiger partial charge in [-0.1, -0.05) is 132 Å². The summed E-state index contributed by atoms with van der Waals surface area (Å²) in [5.74, 6) is 0.860. The van der Waals surface area contributed by atoms with Crippen molar-refractivity contribution < 1.29 is 0 Å². The molecule has 4 aromatic carbocycles. The van der Waals surface area contributed by atoms with Gasteiger partial charge >= 0.3 is 0 Å². The van der Waals surface area contributed by atoms with Gasteiger partial charge in [-0.05, 0) is 68.5 Å². The maximum atomic E-state index is 3.81. The van der Waals surface area contributed by atoms with Crippen LogP contribution in [0.3, 0.4) is 0 Å². The van der Waals surface area contributed by atoms with Gasteiger partial charge in [-0.3, -0.25) is 0 Å². The molecule has 0 spiro atoms. The van der Waals surface area contributed by atoms with Crippen LogP contribution in [-0.2, 0) is 5.41 Å². The first-order valence-corrected chi connectivity index (χ1v) is 13.2. The number of fused-ring (bicyclic) bond motifs is 3. The van der Waals surface area contributed by atoms with Crippen molar-refractivity contribution in [3.05, 3.63) is 127 Å². The lowest BCUT2D eigenvalue weighted by Gasteiger charge is -2.35. The second-order valence-corrected chi connectivity index (χ2v) is 11.3. The van der Waals surface area contributed by atoms with E-state index < -0.39 is 0 Å². The predicted octanol–water partition coefficient (Wildman–Crippen LogP) is 9.82. The Kier molecular flexibility index (Phi) is 5.87. The molecule has 0 N–H and O–H groups in total. The van der Waals surface area contributed by atoms with Gasteiger partial charge in [0.05, 0.1) is 5.41 Å². The summed E-state index contributed by atoms with van der Waals surface area (Å²) in [5.41, 5.74) is 10.4. The lowest BCUT2D eigenvalue weighted by atomic mass is 9.67. The van der Waals surface area contributed by atoms with Gasteiger partial charge in [-0.15, -0.1) is 0 Å². The van der Waals surface area contributed by atoms with Crippen LogP contribution in [0, 0.1) is 0 Å². The minimum Gasteiger partial charge on any atom is -0.0619 e. The van der Waals surface area contributed by atoms with Crippen molar-refractivity contribution in [3.8, 4) is 11.1 Å². The van der Waals surface area contributed by atoms with E-state index in [4.69, 9.17) is 0 Å². The Morgan fingerprint density at radius 3 is 1.33 bits per heavy atom. The molecule has 0 radical (unpaired) electrons. The Hall–Kier alpha value is -2.16. The van der Waals surface area contributed by atoms with Crippen LogP contribution in [-0.4, -0.2) is 0 Å². The monoisotopic (exact) mass is 558 g/mol. The average Bonchev–Trinajstić information content (AvgIpc) is 3.11. The molecule has 0 atom stereocenters. The summed E-state index contributed by atoms with van der Waals surface area (Å²) in [6, 6.07) is 31.8. The zero-order chi connectivity index (χ0) is 23.3. The highest BCUT2D eigenvalue weighted by molar-refractivity contribution is 9.10. The van der Waals surface area contributed by atoms with Crippen LogP contribution in [0.2, 0.25) is 0 Å². The minimum absolute atomic E-state index is 0.359. The molecule has 1 aliphatic carbocycles. The van der Waals surface area contributed by atoms with Crippen LogP contribution >= 0.6 is 31.9 Å². The van der Waals surface area contributed by atoms with Crippen molar-refractivity contribution in [1.82, 2.24) is 0 Å². The molecule has 4 aromatic rings. The van der Waals surface area contributed by atoms with Gasteiger partial charge in [0.25, 0.3) is 0 Å². The first-order chi connectivity index (χ1) is 15.9. The second-order valence-electron chi connectivity index (χ2n) is 9.62. The molecule has 0 unspecified atom stereocenters. The minimum atomic E-state index is -0.359. The lowest BCUT2D eigenvalue weighted by molar-refractivity contribution is 0.751. The number of benzene rings is 4. The normalized spacial score (nSPS) is 13.9. The Morgan fingerprint density at radius 2 is 0.939 bits per heavy atom. The fraction of sp³-hybridized carbons (Fsp3) is 0.226. The Bertz CT molecular complexity index is 1240. The quantitative estimate of drug-likeness (QED) is 0.205. The van der Waals surface area contributed by atoms with E-state index >= 15 is 0 Å². The molecule has 0 aromatic heterocycles. The third-order valence-electron chi connectivity index (χ3n) is 7.05. The summed E-state index contributed by atoms with van der Waals surface area (Å²) in [4.78, 5) is 0. The van der Waals surface area contributed by atoms with Crippen molar-refractivity contribution in [2.75, 3.05) is 0 Å². The number of hydrogen-bond acceptors (Lipinski definition) is 0. The van der Waals surface area contributed by atoms with Crippen LogP contribution in [0.15, 0.2) is 93.9 Å². The third kappa shape index (κ3) is 3.45. The molecule has 0 amide bonds. The Labute approximate surface area is 214 Å². The maximum Gasteiger partial charge on any atom is 0.0713 e. The van der Waals surface area contributed by atoms with E-state index in [0.717, 1.165) is 0 Å². The van der Waals surface area contributed by atoms with E-state index in [0.29, 0.717) is 11.8 Å². The molecular weight excluding hydrogens is 532 g/mol. The summed E-state index contributed by atoms with van der Waals surface area (Å²) in [5, 5.41) is 0. The molecule has 0 heterocycles. The van der Waals surface area contributed by atoms with Gasteiger partial charge in [0, 0.05) is 8.95 Å². The molecular formula is C31H28Br2. The SMILES string of the molecule is CC(C)c1cc(C2(c3ccc(Br)c(C(C)C)c3)c3ccccc3-c3ccccc32)ccc1Br. The van der Waals surface area contributed by atoms with Crippen molar-refractivity contribution in [1.29, 1.82) is 0 Å². The van der Waals surface area contributed by atoms with Gasteiger partial charge in [0.1, 0.15) is 0 Å². The lowest BCUT2D eigenvalue weighted by Crippen LogP contribution is -2.29. The molecule has 0 saturated heterocycles. The van der Waals surface area contributed by atoms with Crippen molar-refractivity contribution in [3.63, 3.8) is 0 Å². The molecule has 166 valence electrons. The molecule has 33 heavy (non-hydrogen) atoms. The molecule has 0 fully saturated rings. The first-order valence-electron chi connectivity index (χ1n) is 11.6. The zero-order valence-electron chi connectivity index (χ0n) is 19.5. The third-order valence-corrected chi connectivity index (χ3v) is 8.50. The van der Waals surface area contributed by atoms with Gasteiger partial charge < -0.3 is 0 Å². The highest BCUT2D eigenvalue weighted by Crippen LogP contribution is 2.56. The summed E-state index contributed by atoms with van der Waals surface area (Å²) in [7, 11) is 0. The standard InChI is InChI=1S/C31H28Br2/c1-19(2)25-17-21(13-15-29(25)32)31(22-14-16-30(33)26(18-22)20(3)4)27-11-7-5-9-23(27)24-10-6-8-12-28(24)31/h5-20H,1-4H3. The molecule has 0 saturated carbocycles. The summed E-state index contributed by atoms with van der Waals surface area (Å²) in [6.07, 6.45) is 0. The van der Waals surface area contributed by atoms with Crippen LogP contribution in [0.25, 0.3) is 11.1 Å². The van der Waals surface area contributed by atoms with E-state index in [1.807, 2.05) is 0 Å². The molecule has 5 rings (SSSR count). The summed E-state index contributed by atoms with van der Waals surface area (Å²) < 4.78 is 2.35. The van der Waals surface area contributed by atoms with Crippen LogP contribution in [0.1, 0.15) is 72.9 Å². The first kappa shape index (κ1) is 22.6. The maximum absolute atomic E-state index is 3.81. The topological polar surface area (TPSA) is 0 Å². The van der Waals surface area contributed by atoms with Gasteiger partial charge in [-0.25, -0.2) is 0 Å². The van der Waals surface area contributed by atoms with Crippen LogP contribution in [0.4, 0.5) is 0 Å². The van der Waals surface area contributed by atoms with Crippen molar-refractivity contribution in [2.24, 2.45) is 0 Å². The van der Waals surface area contributed by atoms with E-state index in [1.165, 1.54) is 53.5 Å². The number of halogens is 2.